The zero-order valence-corrected chi connectivity index (χ0v) is 16.3. The second-order valence-electron chi connectivity index (χ2n) is 5.97. The first-order valence-corrected chi connectivity index (χ1v) is 9.09. The van der Waals surface area contributed by atoms with E-state index in [1.165, 1.54) is 7.11 Å². The number of carbonyl (C=O) groups excluding carboxylic acids is 2. The van der Waals surface area contributed by atoms with Crippen molar-refractivity contribution in [1.29, 1.82) is 0 Å². The summed E-state index contributed by atoms with van der Waals surface area (Å²) < 4.78 is 10.3. The van der Waals surface area contributed by atoms with Crippen LogP contribution in [0.4, 0.5) is 5.69 Å². The molecule has 7 nitrogen and oxygen atoms in total. The number of benzene rings is 1. The highest BCUT2D eigenvalue weighted by Crippen LogP contribution is 2.28. The van der Waals surface area contributed by atoms with Crippen molar-refractivity contribution in [2.75, 3.05) is 45.7 Å². The Morgan fingerprint density at radius 1 is 1.00 bits per heavy atom. The molecule has 0 radical (unpaired) electrons. The molecule has 26 heavy (non-hydrogen) atoms. The average Bonchev–Trinajstić information content (AvgIpc) is 2.65. The Balaban J connectivity index is 2.45. The van der Waals surface area contributed by atoms with Gasteiger partial charge in [0.05, 0.1) is 19.9 Å². The molecule has 0 aliphatic heterocycles. The Hall–Kier alpha value is -2.28. The molecule has 1 aromatic carbocycles. The van der Waals surface area contributed by atoms with E-state index >= 15 is 0 Å². The fourth-order valence-corrected chi connectivity index (χ4v) is 2.63. The van der Waals surface area contributed by atoms with Gasteiger partial charge in [-0.05, 0) is 51.0 Å². The summed E-state index contributed by atoms with van der Waals surface area (Å²) >= 11 is 0. The lowest BCUT2D eigenvalue weighted by atomic mass is 10.2. The summed E-state index contributed by atoms with van der Waals surface area (Å²) in [6.07, 6.45) is 3.03. The molecule has 0 saturated heterocycles. The van der Waals surface area contributed by atoms with Gasteiger partial charge in [0.1, 0.15) is 11.5 Å². The van der Waals surface area contributed by atoms with Gasteiger partial charge in [-0.2, -0.15) is 0 Å². The van der Waals surface area contributed by atoms with E-state index in [2.05, 4.69) is 29.4 Å². The molecule has 0 bridgehead atoms. The van der Waals surface area contributed by atoms with Crippen molar-refractivity contribution in [2.24, 2.45) is 0 Å². The summed E-state index contributed by atoms with van der Waals surface area (Å²) in [4.78, 5) is 26.4. The van der Waals surface area contributed by atoms with E-state index in [1.54, 1.807) is 25.3 Å². The van der Waals surface area contributed by atoms with E-state index in [1.807, 2.05) is 0 Å². The molecule has 0 aromatic heterocycles. The van der Waals surface area contributed by atoms with E-state index in [0.717, 1.165) is 38.9 Å². The first-order chi connectivity index (χ1) is 12.5. The Kier molecular flexibility index (Phi) is 10.2. The predicted octanol–water partition coefficient (Wildman–Crippen LogP) is 2.27. The van der Waals surface area contributed by atoms with Gasteiger partial charge in [0.2, 0.25) is 0 Å². The highest BCUT2D eigenvalue weighted by molar-refractivity contribution is 6.39. The van der Waals surface area contributed by atoms with Gasteiger partial charge in [-0.3, -0.25) is 9.59 Å². The molecule has 0 unspecified atom stereocenters. The fraction of sp³-hybridized carbons (Fsp3) is 0.579. The monoisotopic (exact) mass is 365 g/mol. The third-order valence-electron chi connectivity index (χ3n) is 3.88. The van der Waals surface area contributed by atoms with Crippen molar-refractivity contribution >= 4 is 17.5 Å². The predicted molar refractivity (Wildman–Crippen MR) is 103 cm³/mol. The molecule has 2 amide bonds. The quantitative estimate of drug-likeness (QED) is 0.464. The molecule has 7 heteroatoms. The van der Waals surface area contributed by atoms with Crippen molar-refractivity contribution in [3.05, 3.63) is 18.2 Å². The Morgan fingerprint density at radius 2 is 1.69 bits per heavy atom. The van der Waals surface area contributed by atoms with Gasteiger partial charge < -0.3 is 25.0 Å². The zero-order chi connectivity index (χ0) is 19.4. The molecule has 0 atom stereocenters. The number of hydrogen-bond donors (Lipinski definition) is 2. The molecule has 2 N–H and O–H groups in total. The highest BCUT2D eigenvalue weighted by Gasteiger charge is 2.16. The standard InChI is InChI=1S/C19H31N3O4/c1-5-11-22(12-6-2)13-7-10-20-18(23)19(24)21-16-9-8-15(25-3)14-17(16)26-4/h8-9,14H,5-7,10-13H2,1-4H3,(H,20,23)(H,21,24). The maximum Gasteiger partial charge on any atom is 0.313 e. The molecule has 1 rings (SSSR count). The molecule has 0 aliphatic carbocycles. The number of amides is 2. The van der Waals surface area contributed by atoms with Crippen molar-refractivity contribution in [2.45, 2.75) is 33.1 Å². The summed E-state index contributed by atoms with van der Waals surface area (Å²) in [6, 6.07) is 4.96. The molecule has 0 fully saturated rings. The zero-order valence-electron chi connectivity index (χ0n) is 16.3. The van der Waals surface area contributed by atoms with Gasteiger partial charge in [0.15, 0.2) is 0 Å². The molecule has 1 aromatic rings. The third-order valence-corrected chi connectivity index (χ3v) is 3.88. The minimum absolute atomic E-state index is 0.422. The SMILES string of the molecule is CCCN(CCC)CCCNC(=O)C(=O)Nc1ccc(OC)cc1OC. The van der Waals surface area contributed by atoms with E-state index in [0.29, 0.717) is 23.7 Å². The Morgan fingerprint density at radius 3 is 2.27 bits per heavy atom. The Labute approximate surface area is 156 Å². The molecule has 0 saturated carbocycles. The summed E-state index contributed by atoms with van der Waals surface area (Å²) in [5.41, 5.74) is 0.422. The van der Waals surface area contributed by atoms with Crippen LogP contribution >= 0.6 is 0 Å². The average molecular weight is 365 g/mol. The van der Waals surface area contributed by atoms with Crippen molar-refractivity contribution < 1.29 is 19.1 Å². The Bertz CT molecular complexity index is 572. The number of nitrogens with one attached hydrogen (secondary N) is 2. The van der Waals surface area contributed by atoms with Crippen LogP contribution < -0.4 is 20.1 Å². The smallest absolute Gasteiger partial charge is 0.313 e. The van der Waals surface area contributed by atoms with Crippen LogP contribution in [0.1, 0.15) is 33.1 Å². The number of anilines is 1. The van der Waals surface area contributed by atoms with E-state index in [4.69, 9.17) is 9.47 Å². The van der Waals surface area contributed by atoms with Crippen molar-refractivity contribution in [1.82, 2.24) is 10.2 Å². The van der Waals surface area contributed by atoms with Gasteiger partial charge in [0.25, 0.3) is 0 Å². The lowest BCUT2D eigenvalue weighted by Crippen LogP contribution is -2.37. The lowest BCUT2D eigenvalue weighted by molar-refractivity contribution is -0.136. The van der Waals surface area contributed by atoms with Crippen molar-refractivity contribution in [3.8, 4) is 11.5 Å². The molecule has 0 spiro atoms. The van der Waals surface area contributed by atoms with Crippen LogP contribution in [-0.4, -0.2) is 57.1 Å². The number of hydrogen-bond acceptors (Lipinski definition) is 5. The lowest BCUT2D eigenvalue weighted by Gasteiger charge is -2.20. The van der Waals surface area contributed by atoms with Crippen LogP contribution in [-0.2, 0) is 9.59 Å². The number of nitrogens with zero attached hydrogens (tertiary/aromatic N) is 1. The first kappa shape index (κ1) is 21.8. The van der Waals surface area contributed by atoms with Crippen LogP contribution in [0.5, 0.6) is 11.5 Å². The highest BCUT2D eigenvalue weighted by atomic mass is 16.5. The molecule has 0 aliphatic rings. The normalized spacial score (nSPS) is 10.5. The minimum atomic E-state index is -0.715. The number of rotatable bonds is 11. The van der Waals surface area contributed by atoms with Crippen molar-refractivity contribution in [3.63, 3.8) is 0 Å². The van der Waals surface area contributed by atoms with Crippen LogP contribution in [0, 0.1) is 0 Å². The number of methoxy groups -OCH3 is 2. The van der Waals surface area contributed by atoms with Gasteiger partial charge >= 0.3 is 11.8 Å². The van der Waals surface area contributed by atoms with Crippen LogP contribution in [0.25, 0.3) is 0 Å². The maximum atomic E-state index is 12.0. The van der Waals surface area contributed by atoms with Gasteiger partial charge in [-0.1, -0.05) is 13.8 Å². The number of carbonyl (C=O) groups is 2. The van der Waals surface area contributed by atoms with Gasteiger partial charge in [-0.25, -0.2) is 0 Å². The minimum Gasteiger partial charge on any atom is -0.497 e. The summed E-state index contributed by atoms with van der Waals surface area (Å²) in [5, 5.41) is 5.22. The maximum absolute atomic E-state index is 12.0. The van der Waals surface area contributed by atoms with Gasteiger partial charge in [0, 0.05) is 12.6 Å². The summed E-state index contributed by atoms with van der Waals surface area (Å²) in [7, 11) is 3.03. The van der Waals surface area contributed by atoms with E-state index in [-0.39, 0.29) is 0 Å². The van der Waals surface area contributed by atoms with Crippen LogP contribution in [0.2, 0.25) is 0 Å². The fourth-order valence-electron chi connectivity index (χ4n) is 2.63. The largest absolute Gasteiger partial charge is 0.497 e. The molecule has 146 valence electrons. The van der Waals surface area contributed by atoms with Gasteiger partial charge in [-0.15, -0.1) is 0 Å². The molecule has 0 heterocycles. The first-order valence-electron chi connectivity index (χ1n) is 9.09. The number of ether oxygens (including phenoxy) is 2. The van der Waals surface area contributed by atoms with E-state index < -0.39 is 11.8 Å². The third kappa shape index (κ3) is 7.31. The second kappa shape index (κ2) is 12.1. The van der Waals surface area contributed by atoms with E-state index in [9.17, 15) is 9.59 Å². The molecular weight excluding hydrogens is 334 g/mol. The summed E-state index contributed by atoms with van der Waals surface area (Å²) in [6.45, 7) is 7.80. The summed E-state index contributed by atoms with van der Waals surface area (Å²) in [5.74, 6) is -0.332. The topological polar surface area (TPSA) is 79.9 Å². The van der Waals surface area contributed by atoms with Crippen LogP contribution in [0.15, 0.2) is 18.2 Å². The second-order valence-corrected chi connectivity index (χ2v) is 5.97. The van der Waals surface area contributed by atoms with Crippen LogP contribution in [0.3, 0.4) is 0 Å². The molecular formula is C19H31N3O4.